The lowest BCUT2D eigenvalue weighted by molar-refractivity contribution is -0.133. The van der Waals surface area contributed by atoms with Gasteiger partial charge in [0.15, 0.2) is 5.17 Å². The molecular formula is C17H18BrF2N3O2S. The summed E-state index contributed by atoms with van der Waals surface area (Å²) in [5.74, 6) is 0.229. The molecule has 26 heavy (non-hydrogen) atoms. The Morgan fingerprint density at radius 3 is 2.96 bits per heavy atom. The number of nitrogens with two attached hydrogens (primary N) is 1. The van der Waals surface area contributed by atoms with Gasteiger partial charge in [0.2, 0.25) is 0 Å². The lowest BCUT2D eigenvalue weighted by Gasteiger charge is -2.48. The number of ether oxygens (including phenoxy) is 1. The fraction of sp³-hybridized carbons (Fsp3) is 0.529. The van der Waals surface area contributed by atoms with Crippen molar-refractivity contribution in [3.63, 3.8) is 0 Å². The van der Waals surface area contributed by atoms with Crippen LogP contribution in [0.25, 0.3) is 0 Å². The molecule has 1 aromatic rings. The number of halogens is 3. The zero-order valence-corrected chi connectivity index (χ0v) is 16.2. The number of benzene rings is 1. The van der Waals surface area contributed by atoms with Gasteiger partial charge in [0.05, 0.1) is 0 Å². The molecule has 4 rings (SSSR count). The number of carbonyl (C=O) groups is 1. The second kappa shape index (κ2) is 6.67. The number of rotatable bonds is 2. The molecule has 0 radical (unpaired) electrons. The van der Waals surface area contributed by atoms with E-state index in [2.05, 4.69) is 21.2 Å². The summed E-state index contributed by atoms with van der Waals surface area (Å²) in [7, 11) is 0. The summed E-state index contributed by atoms with van der Waals surface area (Å²) in [5, 5.41) is 2.99. The molecule has 1 spiro atoms. The molecular weight excluding hydrogens is 428 g/mol. The van der Waals surface area contributed by atoms with Crippen LogP contribution in [0.4, 0.5) is 8.78 Å². The van der Waals surface area contributed by atoms with Crippen molar-refractivity contribution in [2.24, 2.45) is 16.6 Å². The fourth-order valence-electron chi connectivity index (χ4n) is 4.26. The normalized spacial score (nSPS) is 32.6. The number of amidine groups is 1. The van der Waals surface area contributed by atoms with Gasteiger partial charge >= 0.3 is 6.43 Å². The van der Waals surface area contributed by atoms with Gasteiger partial charge in [-0.3, -0.25) is 4.79 Å². The predicted molar refractivity (Wildman–Crippen MR) is 99.6 cm³/mol. The minimum Gasteiger partial charge on any atom is -0.490 e. The van der Waals surface area contributed by atoms with Crippen LogP contribution in [0.15, 0.2) is 27.7 Å². The number of nitrogens with zero attached hydrogens (tertiary/aromatic N) is 1. The van der Waals surface area contributed by atoms with Crippen LogP contribution in [0.1, 0.15) is 24.8 Å². The Labute approximate surface area is 162 Å². The number of alkyl halides is 2. The van der Waals surface area contributed by atoms with E-state index in [0.717, 1.165) is 15.8 Å². The molecule has 3 N–H and O–H groups in total. The molecule has 1 amide bonds. The number of aliphatic imine (C=N–C) groups is 1. The van der Waals surface area contributed by atoms with Gasteiger partial charge in [-0.1, -0.05) is 27.7 Å². The first-order valence-electron chi connectivity index (χ1n) is 8.42. The fourth-order valence-corrected chi connectivity index (χ4v) is 5.65. The van der Waals surface area contributed by atoms with Gasteiger partial charge in [-0.15, -0.1) is 0 Å². The van der Waals surface area contributed by atoms with E-state index in [4.69, 9.17) is 15.5 Å². The van der Waals surface area contributed by atoms with Crippen LogP contribution < -0.4 is 15.8 Å². The molecule has 0 aromatic heterocycles. The summed E-state index contributed by atoms with van der Waals surface area (Å²) in [6.45, 7) is 0. The molecule has 0 bridgehead atoms. The Hall–Kier alpha value is -1.35. The second-order valence-corrected chi connectivity index (χ2v) is 8.80. The van der Waals surface area contributed by atoms with Crippen molar-refractivity contribution in [2.45, 2.75) is 43.4 Å². The Morgan fingerprint density at radius 2 is 2.27 bits per heavy atom. The third-order valence-electron chi connectivity index (χ3n) is 5.38. The summed E-state index contributed by atoms with van der Waals surface area (Å²) < 4.78 is 32.4. The second-order valence-electron chi connectivity index (χ2n) is 6.89. The topological polar surface area (TPSA) is 76.7 Å². The largest absolute Gasteiger partial charge is 0.490 e. The van der Waals surface area contributed by atoms with Crippen LogP contribution in [-0.2, 0) is 10.3 Å². The van der Waals surface area contributed by atoms with E-state index < -0.39 is 17.9 Å². The van der Waals surface area contributed by atoms with Gasteiger partial charge in [-0.2, -0.15) is 8.78 Å². The summed E-state index contributed by atoms with van der Waals surface area (Å²) in [4.78, 5) is 16.2. The van der Waals surface area contributed by atoms with Gasteiger partial charge in [-0.05, 0) is 37.5 Å². The van der Waals surface area contributed by atoms with E-state index in [1.54, 1.807) is 0 Å². The summed E-state index contributed by atoms with van der Waals surface area (Å²) in [5.41, 5.74) is 6.41. The molecule has 0 saturated heterocycles. The monoisotopic (exact) mass is 445 g/mol. The highest BCUT2D eigenvalue weighted by atomic mass is 79.9. The highest BCUT2D eigenvalue weighted by Crippen LogP contribution is 2.54. The molecule has 9 heteroatoms. The van der Waals surface area contributed by atoms with Crippen LogP contribution in [0, 0.1) is 5.92 Å². The first-order chi connectivity index (χ1) is 12.4. The number of carbonyl (C=O) groups excluding carboxylic acids is 1. The zero-order chi connectivity index (χ0) is 18.5. The molecule has 1 saturated carbocycles. The maximum atomic E-state index is 12.6. The van der Waals surface area contributed by atoms with Crippen molar-refractivity contribution in [3.05, 3.63) is 28.2 Å². The van der Waals surface area contributed by atoms with E-state index in [0.29, 0.717) is 30.2 Å². The number of fused-ring (bicyclic) bond motifs is 4. The molecule has 1 fully saturated rings. The molecule has 2 aliphatic heterocycles. The van der Waals surface area contributed by atoms with Gasteiger partial charge in [0, 0.05) is 27.7 Å². The Kier molecular flexibility index (Phi) is 4.63. The summed E-state index contributed by atoms with van der Waals surface area (Å²) >= 11 is 5.00. The molecule has 4 atom stereocenters. The molecule has 1 aliphatic carbocycles. The molecule has 1 aromatic carbocycles. The number of nitrogens with one attached hydrogen (secondary N) is 1. The minimum atomic E-state index is -3.00. The van der Waals surface area contributed by atoms with Crippen molar-refractivity contribution in [1.82, 2.24) is 5.32 Å². The van der Waals surface area contributed by atoms with Crippen molar-refractivity contribution < 1.29 is 18.3 Å². The van der Waals surface area contributed by atoms with Gasteiger partial charge in [0.25, 0.3) is 5.91 Å². The van der Waals surface area contributed by atoms with E-state index in [1.165, 1.54) is 11.8 Å². The Bertz CT molecular complexity index is 778. The van der Waals surface area contributed by atoms with Gasteiger partial charge < -0.3 is 15.8 Å². The summed E-state index contributed by atoms with van der Waals surface area (Å²) in [6, 6.07) is 5.54. The highest BCUT2D eigenvalue weighted by molar-refractivity contribution is 9.10. The zero-order valence-electron chi connectivity index (χ0n) is 13.8. The standard InChI is InChI=1S/C17H18BrF2N3O2S/c18-8-1-3-12-10(5-8)17(7-26-16(21)23-17)11-6-9(2-4-13(11)25-12)22-15(24)14(19)20/h1,3,5,9,11,13-14H,2,4,6-7H2,(H2,21,23)(H,22,24)/t9?,11-,13-,17?/m0/s1. The first-order valence-corrected chi connectivity index (χ1v) is 10.2. The average Bonchev–Trinajstić information content (AvgIpc) is 2.99. The van der Waals surface area contributed by atoms with Gasteiger partial charge in [-0.25, -0.2) is 4.99 Å². The highest BCUT2D eigenvalue weighted by Gasteiger charge is 2.54. The van der Waals surface area contributed by atoms with E-state index >= 15 is 0 Å². The molecule has 2 unspecified atom stereocenters. The number of amides is 1. The van der Waals surface area contributed by atoms with Crippen molar-refractivity contribution in [2.75, 3.05) is 5.75 Å². The Morgan fingerprint density at radius 1 is 1.46 bits per heavy atom. The number of hydrogen-bond donors (Lipinski definition) is 2. The quantitative estimate of drug-likeness (QED) is 0.733. The maximum Gasteiger partial charge on any atom is 0.315 e. The van der Waals surface area contributed by atoms with E-state index in [9.17, 15) is 13.6 Å². The molecule has 2 heterocycles. The Balaban J connectivity index is 1.69. The lowest BCUT2D eigenvalue weighted by Crippen LogP contribution is -2.54. The molecule has 3 aliphatic rings. The van der Waals surface area contributed by atoms with Crippen LogP contribution in [-0.4, -0.2) is 35.4 Å². The van der Waals surface area contributed by atoms with E-state index in [1.807, 2.05) is 18.2 Å². The number of hydrogen-bond acceptors (Lipinski definition) is 5. The minimum absolute atomic E-state index is 0.0328. The lowest BCUT2D eigenvalue weighted by atomic mass is 9.67. The average molecular weight is 446 g/mol. The van der Waals surface area contributed by atoms with Crippen LogP contribution in [0.2, 0.25) is 0 Å². The third kappa shape index (κ3) is 2.98. The molecule has 5 nitrogen and oxygen atoms in total. The summed E-state index contributed by atoms with van der Waals surface area (Å²) in [6.07, 6.45) is -1.26. The van der Waals surface area contributed by atoms with Crippen molar-refractivity contribution in [3.8, 4) is 5.75 Å². The predicted octanol–water partition coefficient (Wildman–Crippen LogP) is 3.02. The SMILES string of the molecule is NC1=NC2(CS1)c1cc(Br)ccc1O[C@H]1CCC(NC(=O)C(F)F)C[C@@H]12. The smallest absolute Gasteiger partial charge is 0.315 e. The number of thioether (sulfide) groups is 1. The van der Waals surface area contributed by atoms with Crippen LogP contribution >= 0.6 is 27.7 Å². The van der Waals surface area contributed by atoms with Gasteiger partial charge in [0.1, 0.15) is 17.4 Å². The van der Waals surface area contributed by atoms with Crippen LogP contribution in [0.3, 0.4) is 0 Å². The maximum absolute atomic E-state index is 12.6. The van der Waals surface area contributed by atoms with E-state index in [-0.39, 0.29) is 18.1 Å². The van der Waals surface area contributed by atoms with Crippen molar-refractivity contribution >= 4 is 38.8 Å². The first kappa shape index (κ1) is 18.0. The van der Waals surface area contributed by atoms with Crippen molar-refractivity contribution in [1.29, 1.82) is 0 Å². The third-order valence-corrected chi connectivity index (χ3v) is 6.85. The molecule has 140 valence electrons. The van der Waals surface area contributed by atoms with Crippen LogP contribution in [0.5, 0.6) is 5.75 Å².